The van der Waals surface area contributed by atoms with Crippen molar-refractivity contribution in [3.63, 3.8) is 0 Å². The Labute approximate surface area is 218 Å². The van der Waals surface area contributed by atoms with Crippen LogP contribution in [0.4, 0.5) is 0 Å². The number of aromatic nitrogens is 1. The number of rotatable bonds is 15. The molecule has 2 rings (SSSR count). The van der Waals surface area contributed by atoms with Crippen LogP contribution in [-0.2, 0) is 30.4 Å². The first kappa shape index (κ1) is 29.6. The molecule has 0 aliphatic heterocycles. The average molecular weight is 535 g/mol. The van der Waals surface area contributed by atoms with E-state index in [-0.39, 0.29) is 25.7 Å². The molecular weight excluding hydrogens is 500 g/mol. The van der Waals surface area contributed by atoms with E-state index in [1.54, 1.807) is 12.5 Å². The van der Waals surface area contributed by atoms with Crippen molar-refractivity contribution in [1.29, 1.82) is 0 Å². The highest BCUT2D eigenvalue weighted by Gasteiger charge is 2.30. The van der Waals surface area contributed by atoms with Crippen LogP contribution in [0.1, 0.15) is 31.7 Å². The second kappa shape index (κ2) is 14.2. The Kier molecular flexibility index (Phi) is 11.4. The quantitative estimate of drug-likeness (QED) is 0.160. The number of aromatic amines is 1. The first-order valence-electron chi connectivity index (χ1n) is 11.7. The van der Waals surface area contributed by atoms with Crippen LogP contribution in [0.2, 0.25) is 0 Å². The molecule has 0 aliphatic carbocycles. The molecule has 0 saturated carbocycles. The summed E-state index contributed by atoms with van der Waals surface area (Å²) in [5.41, 5.74) is 12.5. The van der Waals surface area contributed by atoms with Gasteiger partial charge in [0.05, 0.1) is 6.04 Å². The zero-order valence-corrected chi connectivity index (χ0v) is 21.6. The lowest BCUT2D eigenvalue weighted by Crippen LogP contribution is -2.57. The Morgan fingerprint density at radius 2 is 1.59 bits per heavy atom. The van der Waals surface area contributed by atoms with Crippen molar-refractivity contribution in [3.8, 4) is 0 Å². The topological polar surface area (TPSA) is 209 Å². The Morgan fingerprint density at radius 1 is 0.973 bits per heavy atom. The normalized spacial score (nSPS) is 14.2. The lowest BCUT2D eigenvalue weighted by molar-refractivity contribution is -0.142. The molecule has 1 heterocycles. The van der Waals surface area contributed by atoms with E-state index in [2.05, 4.69) is 20.9 Å². The number of fused-ring (bicyclic) bond motifs is 1. The molecule has 2 aromatic rings. The van der Waals surface area contributed by atoms with Crippen LogP contribution in [-0.4, -0.2) is 75.9 Å². The third-order valence-corrected chi connectivity index (χ3v) is 6.33. The van der Waals surface area contributed by atoms with E-state index >= 15 is 0 Å². The molecule has 0 fully saturated rings. The van der Waals surface area contributed by atoms with Gasteiger partial charge in [0, 0.05) is 29.9 Å². The van der Waals surface area contributed by atoms with Crippen molar-refractivity contribution < 1.29 is 29.1 Å². The van der Waals surface area contributed by atoms with Crippen LogP contribution in [0.3, 0.4) is 0 Å². The Bertz CT molecular complexity index is 1120. The van der Waals surface area contributed by atoms with E-state index in [1.165, 1.54) is 18.7 Å². The summed E-state index contributed by atoms with van der Waals surface area (Å²) in [4.78, 5) is 64.7. The fraction of sp³-hybridized carbons (Fsp3) is 0.458. The third-order valence-electron chi connectivity index (χ3n) is 5.68. The number of carbonyl (C=O) groups excluding carboxylic acids is 4. The molecule has 37 heavy (non-hydrogen) atoms. The molecule has 4 amide bonds. The van der Waals surface area contributed by atoms with Gasteiger partial charge in [0.2, 0.25) is 23.6 Å². The molecule has 202 valence electrons. The first-order valence-corrected chi connectivity index (χ1v) is 13.1. The number of carboxylic acids is 1. The monoisotopic (exact) mass is 534 g/mol. The number of benzene rings is 1. The average Bonchev–Trinajstić information content (AvgIpc) is 3.25. The SMILES string of the molecule is CSCCC(NC(=O)C(CCC(N)=O)NC(=O)C(Cc1c[nH]c2ccccc12)NC(=O)C(C)N)C(=O)O. The largest absolute Gasteiger partial charge is 0.480 e. The number of primary amides is 1. The van der Waals surface area contributed by atoms with Crippen LogP contribution >= 0.6 is 11.8 Å². The van der Waals surface area contributed by atoms with E-state index < -0.39 is 53.8 Å². The summed E-state index contributed by atoms with van der Waals surface area (Å²) in [6.45, 7) is 1.47. The molecule has 0 spiro atoms. The highest BCUT2D eigenvalue weighted by atomic mass is 32.2. The lowest BCUT2D eigenvalue weighted by Gasteiger charge is -2.25. The zero-order chi connectivity index (χ0) is 27.5. The van der Waals surface area contributed by atoms with Crippen molar-refractivity contribution in [2.45, 2.75) is 56.8 Å². The molecule has 12 nitrogen and oxygen atoms in total. The minimum absolute atomic E-state index is 0.0872. The summed E-state index contributed by atoms with van der Waals surface area (Å²) >= 11 is 1.42. The van der Waals surface area contributed by atoms with E-state index in [0.29, 0.717) is 5.75 Å². The molecular formula is C24H34N6O6S. The summed E-state index contributed by atoms with van der Waals surface area (Å²) in [5, 5.41) is 17.9. The van der Waals surface area contributed by atoms with Crippen LogP contribution in [0.25, 0.3) is 10.9 Å². The summed E-state index contributed by atoms with van der Waals surface area (Å²) < 4.78 is 0. The first-order chi connectivity index (χ1) is 17.5. The number of hydrogen-bond donors (Lipinski definition) is 7. The number of carboxylic acid groups (broad SMARTS) is 1. The van der Waals surface area contributed by atoms with Crippen molar-refractivity contribution in [2.75, 3.05) is 12.0 Å². The van der Waals surface area contributed by atoms with Gasteiger partial charge in [-0.05, 0) is 43.4 Å². The Balaban J connectivity index is 2.26. The van der Waals surface area contributed by atoms with Crippen molar-refractivity contribution >= 4 is 52.3 Å². The number of carbonyl (C=O) groups is 5. The van der Waals surface area contributed by atoms with Gasteiger partial charge in [0.1, 0.15) is 18.1 Å². The zero-order valence-electron chi connectivity index (χ0n) is 20.8. The van der Waals surface area contributed by atoms with Gasteiger partial charge in [-0.15, -0.1) is 0 Å². The Morgan fingerprint density at radius 3 is 2.22 bits per heavy atom. The van der Waals surface area contributed by atoms with Crippen molar-refractivity contribution in [1.82, 2.24) is 20.9 Å². The highest BCUT2D eigenvalue weighted by Crippen LogP contribution is 2.19. The number of amides is 4. The van der Waals surface area contributed by atoms with Gasteiger partial charge >= 0.3 is 5.97 Å². The molecule has 4 unspecified atom stereocenters. The van der Waals surface area contributed by atoms with Crippen LogP contribution in [0.5, 0.6) is 0 Å². The van der Waals surface area contributed by atoms with Gasteiger partial charge in [-0.3, -0.25) is 19.2 Å². The number of nitrogens with one attached hydrogen (secondary N) is 4. The summed E-state index contributed by atoms with van der Waals surface area (Å²) in [6, 6.07) is 3.02. The number of hydrogen-bond acceptors (Lipinski definition) is 7. The lowest BCUT2D eigenvalue weighted by atomic mass is 10.0. The van der Waals surface area contributed by atoms with Crippen LogP contribution in [0, 0.1) is 0 Å². The molecule has 1 aromatic carbocycles. The predicted octanol–water partition coefficient (Wildman–Crippen LogP) is -0.385. The van der Waals surface area contributed by atoms with Crippen molar-refractivity contribution in [3.05, 3.63) is 36.0 Å². The number of H-pyrrole nitrogens is 1. The predicted molar refractivity (Wildman–Crippen MR) is 141 cm³/mol. The summed E-state index contributed by atoms with van der Waals surface area (Å²) in [6.07, 6.45) is 3.42. The van der Waals surface area contributed by atoms with Gasteiger partial charge in [-0.1, -0.05) is 18.2 Å². The fourth-order valence-electron chi connectivity index (χ4n) is 3.63. The van der Waals surface area contributed by atoms with Gasteiger partial charge in [-0.2, -0.15) is 11.8 Å². The van der Waals surface area contributed by atoms with Crippen molar-refractivity contribution in [2.24, 2.45) is 11.5 Å². The number of aliphatic carboxylic acids is 1. The van der Waals surface area contributed by atoms with Gasteiger partial charge in [0.25, 0.3) is 0 Å². The maximum atomic E-state index is 13.3. The number of para-hydroxylation sites is 1. The third kappa shape index (κ3) is 9.10. The molecule has 0 bridgehead atoms. The van der Waals surface area contributed by atoms with E-state index in [0.717, 1.165) is 16.5 Å². The molecule has 1 aromatic heterocycles. The molecule has 13 heteroatoms. The maximum Gasteiger partial charge on any atom is 0.326 e. The molecule has 4 atom stereocenters. The van der Waals surface area contributed by atoms with E-state index in [4.69, 9.17) is 11.5 Å². The molecule has 0 aliphatic rings. The van der Waals surface area contributed by atoms with Crippen LogP contribution < -0.4 is 27.4 Å². The minimum atomic E-state index is -1.26. The van der Waals surface area contributed by atoms with Gasteiger partial charge in [0.15, 0.2) is 0 Å². The summed E-state index contributed by atoms with van der Waals surface area (Å²) in [7, 11) is 0. The minimum Gasteiger partial charge on any atom is -0.480 e. The second-order valence-electron chi connectivity index (χ2n) is 8.66. The molecule has 9 N–H and O–H groups in total. The molecule has 0 saturated heterocycles. The maximum absolute atomic E-state index is 13.3. The smallest absolute Gasteiger partial charge is 0.326 e. The van der Waals surface area contributed by atoms with Gasteiger partial charge in [-0.25, -0.2) is 4.79 Å². The molecule has 0 radical (unpaired) electrons. The highest BCUT2D eigenvalue weighted by molar-refractivity contribution is 7.98. The van der Waals surface area contributed by atoms with E-state index in [9.17, 15) is 29.1 Å². The van der Waals surface area contributed by atoms with Crippen LogP contribution in [0.15, 0.2) is 30.5 Å². The fourth-order valence-corrected chi connectivity index (χ4v) is 4.10. The van der Waals surface area contributed by atoms with E-state index in [1.807, 2.05) is 24.3 Å². The Hall–Kier alpha value is -3.58. The number of nitrogens with two attached hydrogens (primary N) is 2. The second-order valence-corrected chi connectivity index (χ2v) is 9.65. The van der Waals surface area contributed by atoms with Gasteiger partial charge < -0.3 is 37.5 Å². The standard InChI is InChI=1S/C24H34N6O6S/c1-13(25)21(32)30-19(11-14-12-27-16-6-4-3-5-15(14)16)23(34)28-17(7-8-20(26)31)22(33)29-18(24(35)36)9-10-37-2/h3-6,12-13,17-19,27H,7-11,25H2,1-2H3,(H2,26,31)(H,28,34)(H,29,33)(H,30,32)(H,35,36). The number of thioether (sulfide) groups is 1. The summed E-state index contributed by atoms with van der Waals surface area (Å²) in [5.74, 6) is -3.45.